The van der Waals surface area contributed by atoms with Gasteiger partial charge in [-0.05, 0) is 37.1 Å². The molecule has 0 radical (unpaired) electrons. The molecule has 2 aliphatic rings. The third-order valence-corrected chi connectivity index (χ3v) is 6.53. The molecule has 2 N–H and O–H groups in total. The summed E-state index contributed by atoms with van der Waals surface area (Å²) in [6.07, 6.45) is 6.76. The number of carbonyl (C=O) groups is 1. The predicted octanol–water partition coefficient (Wildman–Crippen LogP) is 2.72. The zero-order valence-corrected chi connectivity index (χ0v) is 18.6. The van der Waals surface area contributed by atoms with Gasteiger partial charge in [-0.25, -0.2) is 9.97 Å². The highest BCUT2D eigenvalue weighted by Gasteiger charge is 2.28. The van der Waals surface area contributed by atoms with Gasteiger partial charge in [-0.1, -0.05) is 18.4 Å². The average Bonchev–Trinajstić information content (AvgIpc) is 3.52. The van der Waals surface area contributed by atoms with Crippen LogP contribution in [-0.4, -0.2) is 56.5 Å². The standard InChI is InChI=1S/C25H23N7O2/c1-2-21(33)31-11-8-18(14-31)32-13-17(22-23(26)27-15-28-24(22)32)6-4-16-5-7-20-19(12-16)29-25(34-20)30-9-3-10-30/h2,5,7,12-13,15,18H,1,3,8-11,14H2,(H2,26,27,28)/t18-/m0/s1. The quantitative estimate of drug-likeness (QED) is 0.375. The molecule has 2 fully saturated rings. The molecule has 4 aromatic rings. The summed E-state index contributed by atoms with van der Waals surface area (Å²) in [4.78, 5) is 29.2. The van der Waals surface area contributed by atoms with Crippen LogP contribution in [0.2, 0.25) is 0 Å². The monoisotopic (exact) mass is 453 g/mol. The van der Waals surface area contributed by atoms with Crippen LogP contribution in [0.15, 0.2) is 47.8 Å². The number of carbonyl (C=O) groups excluding carboxylic acids is 1. The number of hydrogen-bond donors (Lipinski definition) is 1. The van der Waals surface area contributed by atoms with Gasteiger partial charge in [0.15, 0.2) is 5.58 Å². The fourth-order valence-corrected chi connectivity index (χ4v) is 4.55. The van der Waals surface area contributed by atoms with E-state index < -0.39 is 0 Å². The highest BCUT2D eigenvalue weighted by atomic mass is 16.4. The smallest absolute Gasteiger partial charge is 0.298 e. The lowest BCUT2D eigenvalue weighted by atomic mass is 10.2. The molecule has 9 nitrogen and oxygen atoms in total. The number of amides is 1. The van der Waals surface area contributed by atoms with Gasteiger partial charge in [0, 0.05) is 37.9 Å². The van der Waals surface area contributed by atoms with Gasteiger partial charge < -0.3 is 24.5 Å². The first-order valence-electron chi connectivity index (χ1n) is 11.3. The Morgan fingerprint density at radius 1 is 1.24 bits per heavy atom. The van der Waals surface area contributed by atoms with Crippen LogP contribution in [0.3, 0.4) is 0 Å². The van der Waals surface area contributed by atoms with Crippen molar-refractivity contribution in [3.05, 3.63) is 54.5 Å². The summed E-state index contributed by atoms with van der Waals surface area (Å²) < 4.78 is 7.92. The van der Waals surface area contributed by atoms with E-state index in [9.17, 15) is 4.79 Å². The number of fused-ring (bicyclic) bond motifs is 2. The summed E-state index contributed by atoms with van der Waals surface area (Å²) in [5.41, 5.74) is 10.1. The zero-order chi connectivity index (χ0) is 23.2. The Bertz CT molecular complexity index is 1500. The number of oxazole rings is 1. The number of nitrogens with zero attached hydrogens (tertiary/aromatic N) is 6. The maximum absolute atomic E-state index is 12.0. The first-order valence-corrected chi connectivity index (χ1v) is 11.3. The zero-order valence-electron chi connectivity index (χ0n) is 18.6. The molecule has 5 heterocycles. The molecular formula is C25H23N7O2. The van der Waals surface area contributed by atoms with Crippen LogP contribution in [-0.2, 0) is 4.79 Å². The number of nitrogens with two attached hydrogens (primary N) is 1. The van der Waals surface area contributed by atoms with Gasteiger partial charge in [-0.2, -0.15) is 4.98 Å². The molecule has 0 unspecified atom stereocenters. The lowest BCUT2D eigenvalue weighted by molar-refractivity contribution is -0.125. The summed E-state index contributed by atoms with van der Waals surface area (Å²) >= 11 is 0. The van der Waals surface area contributed by atoms with E-state index in [0.29, 0.717) is 24.9 Å². The lowest BCUT2D eigenvalue weighted by Crippen LogP contribution is -2.37. The van der Waals surface area contributed by atoms with Crippen molar-refractivity contribution >= 4 is 39.9 Å². The van der Waals surface area contributed by atoms with Crippen LogP contribution in [0.1, 0.15) is 30.0 Å². The number of aromatic nitrogens is 4. The van der Waals surface area contributed by atoms with Crippen molar-refractivity contribution in [3.8, 4) is 11.8 Å². The van der Waals surface area contributed by atoms with E-state index in [1.807, 2.05) is 24.4 Å². The van der Waals surface area contributed by atoms with Crippen molar-refractivity contribution < 1.29 is 9.21 Å². The lowest BCUT2D eigenvalue weighted by Gasteiger charge is -2.28. The van der Waals surface area contributed by atoms with Crippen molar-refractivity contribution in [3.63, 3.8) is 0 Å². The number of benzene rings is 1. The molecule has 0 spiro atoms. The maximum Gasteiger partial charge on any atom is 0.298 e. The van der Waals surface area contributed by atoms with Crippen LogP contribution in [0, 0.1) is 11.8 Å². The Balaban J connectivity index is 1.35. The average molecular weight is 454 g/mol. The molecule has 1 atom stereocenters. The van der Waals surface area contributed by atoms with Gasteiger partial charge in [-0.15, -0.1) is 0 Å². The van der Waals surface area contributed by atoms with E-state index >= 15 is 0 Å². The van der Waals surface area contributed by atoms with Gasteiger partial charge >= 0.3 is 0 Å². The predicted molar refractivity (Wildman–Crippen MR) is 129 cm³/mol. The molecule has 34 heavy (non-hydrogen) atoms. The SMILES string of the molecule is C=CC(=O)N1CC[C@H](n2cc(C#Cc3ccc4oc(N5CCC5)nc4c3)c3c(N)ncnc32)C1. The summed E-state index contributed by atoms with van der Waals surface area (Å²) in [6.45, 7) is 6.82. The molecule has 1 amide bonds. The second-order valence-electron chi connectivity index (χ2n) is 8.61. The van der Waals surface area contributed by atoms with Crippen molar-refractivity contribution in [1.29, 1.82) is 0 Å². The first-order chi connectivity index (χ1) is 16.6. The Morgan fingerprint density at radius 2 is 2.12 bits per heavy atom. The molecule has 0 bridgehead atoms. The third-order valence-electron chi connectivity index (χ3n) is 6.53. The minimum Gasteiger partial charge on any atom is -0.423 e. The van der Waals surface area contributed by atoms with E-state index in [1.54, 1.807) is 4.90 Å². The maximum atomic E-state index is 12.0. The largest absolute Gasteiger partial charge is 0.423 e. The van der Waals surface area contributed by atoms with Crippen LogP contribution < -0.4 is 10.6 Å². The van der Waals surface area contributed by atoms with Crippen LogP contribution in [0.4, 0.5) is 11.8 Å². The second-order valence-corrected chi connectivity index (χ2v) is 8.61. The van der Waals surface area contributed by atoms with Crippen molar-refractivity contribution in [1.82, 2.24) is 24.4 Å². The Morgan fingerprint density at radius 3 is 2.91 bits per heavy atom. The van der Waals surface area contributed by atoms with E-state index in [0.717, 1.165) is 52.8 Å². The highest BCUT2D eigenvalue weighted by molar-refractivity contribution is 5.92. The molecule has 1 aromatic carbocycles. The van der Waals surface area contributed by atoms with Gasteiger partial charge in [-0.3, -0.25) is 4.79 Å². The summed E-state index contributed by atoms with van der Waals surface area (Å²) in [7, 11) is 0. The Kier molecular flexibility index (Phi) is 4.73. The molecule has 2 aliphatic heterocycles. The van der Waals surface area contributed by atoms with Crippen molar-refractivity contribution in [2.24, 2.45) is 0 Å². The van der Waals surface area contributed by atoms with E-state index in [1.165, 1.54) is 18.8 Å². The number of anilines is 2. The summed E-state index contributed by atoms with van der Waals surface area (Å²) in [5.74, 6) is 6.81. The van der Waals surface area contributed by atoms with Gasteiger partial charge in [0.25, 0.3) is 6.01 Å². The fourth-order valence-electron chi connectivity index (χ4n) is 4.55. The molecule has 0 aliphatic carbocycles. The summed E-state index contributed by atoms with van der Waals surface area (Å²) in [6, 6.07) is 6.52. The van der Waals surface area contributed by atoms with E-state index in [-0.39, 0.29) is 11.9 Å². The normalized spacial score (nSPS) is 17.6. The first kappa shape index (κ1) is 20.3. The molecule has 6 rings (SSSR count). The Hall–Kier alpha value is -4.32. The van der Waals surface area contributed by atoms with Crippen molar-refractivity contribution in [2.75, 3.05) is 36.8 Å². The van der Waals surface area contributed by atoms with Gasteiger partial charge in [0.2, 0.25) is 5.91 Å². The topological polar surface area (TPSA) is 106 Å². The number of hydrogen-bond acceptors (Lipinski definition) is 7. The van der Waals surface area contributed by atoms with E-state index in [4.69, 9.17) is 10.2 Å². The van der Waals surface area contributed by atoms with E-state index in [2.05, 4.69) is 42.8 Å². The number of likely N-dealkylation sites (tertiary alicyclic amines) is 1. The molecule has 0 saturated carbocycles. The number of rotatable bonds is 3. The molecule has 170 valence electrons. The van der Waals surface area contributed by atoms with Crippen LogP contribution in [0.5, 0.6) is 0 Å². The van der Waals surface area contributed by atoms with Crippen LogP contribution >= 0.6 is 0 Å². The van der Waals surface area contributed by atoms with Crippen LogP contribution in [0.25, 0.3) is 22.1 Å². The highest BCUT2D eigenvalue weighted by Crippen LogP contribution is 2.31. The Labute approximate surface area is 195 Å². The third kappa shape index (κ3) is 3.35. The van der Waals surface area contributed by atoms with Crippen molar-refractivity contribution in [2.45, 2.75) is 18.9 Å². The minimum absolute atomic E-state index is 0.0615. The van der Waals surface area contributed by atoms with Gasteiger partial charge in [0.05, 0.1) is 17.0 Å². The summed E-state index contributed by atoms with van der Waals surface area (Å²) in [5, 5.41) is 0.728. The molecular weight excluding hydrogens is 430 g/mol. The molecule has 9 heteroatoms. The minimum atomic E-state index is -0.0615. The molecule has 3 aromatic heterocycles. The number of nitrogen functional groups attached to an aromatic ring is 1. The second kappa shape index (κ2) is 7.92. The fraction of sp³-hybridized carbons (Fsp3) is 0.280. The molecule has 2 saturated heterocycles. The van der Waals surface area contributed by atoms with Gasteiger partial charge in [0.1, 0.15) is 23.3 Å².